The fraction of sp³-hybridized carbons (Fsp3) is 0.0952. The molecule has 0 aliphatic carbocycles. The van der Waals surface area contributed by atoms with E-state index in [4.69, 9.17) is 5.73 Å². The third-order valence-corrected chi connectivity index (χ3v) is 5.54. The van der Waals surface area contributed by atoms with Crippen molar-refractivity contribution in [3.05, 3.63) is 82.5 Å². The zero-order valence-electron chi connectivity index (χ0n) is 13.2. The number of benzene rings is 3. The molecule has 24 heavy (non-hydrogen) atoms. The van der Waals surface area contributed by atoms with Gasteiger partial charge in [0.1, 0.15) is 0 Å². The highest BCUT2D eigenvalue weighted by atomic mass is 32.1. The normalized spacial score (nSPS) is 11.2. The van der Waals surface area contributed by atoms with Crippen LogP contribution in [-0.4, -0.2) is 6.54 Å². The Kier molecular flexibility index (Phi) is 3.89. The molecule has 2 nitrogen and oxygen atoms in total. The first-order valence-electron chi connectivity index (χ1n) is 8.02. The maximum atomic E-state index is 12.9. The first kappa shape index (κ1) is 15.1. The van der Waals surface area contributed by atoms with E-state index >= 15 is 0 Å². The highest BCUT2D eigenvalue weighted by molar-refractivity contribution is 7.24. The third kappa shape index (κ3) is 2.52. The Morgan fingerprint density at radius 2 is 1.67 bits per heavy atom. The van der Waals surface area contributed by atoms with Gasteiger partial charge in [0.15, 0.2) is 5.43 Å². The van der Waals surface area contributed by atoms with Crippen molar-refractivity contribution in [2.24, 2.45) is 5.73 Å². The van der Waals surface area contributed by atoms with E-state index in [1.54, 1.807) is 11.3 Å². The van der Waals surface area contributed by atoms with Crippen LogP contribution in [0.1, 0.15) is 5.56 Å². The molecule has 3 aromatic carbocycles. The molecule has 0 unspecified atom stereocenters. The average Bonchev–Trinajstić information content (AvgIpc) is 2.63. The lowest BCUT2D eigenvalue weighted by Crippen LogP contribution is -2.06. The molecule has 4 aromatic rings. The van der Waals surface area contributed by atoms with Gasteiger partial charge in [-0.3, -0.25) is 4.79 Å². The number of fused-ring (bicyclic) bond motifs is 2. The molecule has 0 spiro atoms. The Balaban J connectivity index is 2.01. The van der Waals surface area contributed by atoms with Crippen molar-refractivity contribution in [2.45, 2.75) is 6.42 Å². The highest BCUT2D eigenvalue weighted by Crippen LogP contribution is 2.31. The second kappa shape index (κ2) is 6.19. The maximum absolute atomic E-state index is 12.9. The lowest BCUT2D eigenvalue weighted by atomic mass is 10.0. The van der Waals surface area contributed by atoms with E-state index in [0.717, 1.165) is 43.3 Å². The molecule has 4 rings (SSSR count). The summed E-state index contributed by atoms with van der Waals surface area (Å²) in [7, 11) is 0. The molecule has 0 atom stereocenters. The SMILES string of the molecule is NCCc1cccc2c(=O)c3ccc(-c4ccccc4)cc3sc12. The van der Waals surface area contributed by atoms with Gasteiger partial charge >= 0.3 is 0 Å². The van der Waals surface area contributed by atoms with Crippen LogP contribution < -0.4 is 11.2 Å². The number of rotatable bonds is 3. The summed E-state index contributed by atoms with van der Waals surface area (Å²) in [5.74, 6) is 0. The van der Waals surface area contributed by atoms with Gasteiger partial charge in [-0.1, -0.05) is 48.5 Å². The van der Waals surface area contributed by atoms with E-state index in [9.17, 15) is 4.79 Å². The summed E-state index contributed by atoms with van der Waals surface area (Å²) in [4.78, 5) is 12.9. The lowest BCUT2D eigenvalue weighted by molar-refractivity contribution is 0.979. The van der Waals surface area contributed by atoms with Crippen LogP contribution in [0.4, 0.5) is 0 Å². The average molecular weight is 331 g/mol. The van der Waals surface area contributed by atoms with Crippen LogP contribution in [0.2, 0.25) is 0 Å². The fourth-order valence-electron chi connectivity index (χ4n) is 3.10. The smallest absolute Gasteiger partial charge is 0.195 e. The highest BCUT2D eigenvalue weighted by Gasteiger charge is 2.10. The van der Waals surface area contributed by atoms with E-state index in [1.165, 1.54) is 0 Å². The predicted molar refractivity (Wildman–Crippen MR) is 104 cm³/mol. The molecule has 118 valence electrons. The third-order valence-electron chi connectivity index (χ3n) is 4.30. The summed E-state index contributed by atoms with van der Waals surface area (Å²) in [6.07, 6.45) is 0.789. The molecule has 1 aromatic heterocycles. The molecular weight excluding hydrogens is 314 g/mol. The Morgan fingerprint density at radius 3 is 2.46 bits per heavy atom. The summed E-state index contributed by atoms with van der Waals surface area (Å²) in [5, 5.41) is 1.59. The topological polar surface area (TPSA) is 43.1 Å². The zero-order valence-corrected chi connectivity index (χ0v) is 14.0. The van der Waals surface area contributed by atoms with Gasteiger partial charge in [-0.05, 0) is 47.9 Å². The van der Waals surface area contributed by atoms with Gasteiger partial charge in [0, 0.05) is 20.2 Å². The van der Waals surface area contributed by atoms with E-state index in [1.807, 2.05) is 42.5 Å². The predicted octanol–water partition coefficient (Wildman–Crippen LogP) is 4.58. The summed E-state index contributed by atoms with van der Waals surface area (Å²) in [5.41, 5.74) is 9.29. The second-order valence-electron chi connectivity index (χ2n) is 5.84. The number of hydrogen-bond acceptors (Lipinski definition) is 3. The molecule has 0 aliphatic rings. The van der Waals surface area contributed by atoms with Crippen LogP contribution >= 0.6 is 11.3 Å². The van der Waals surface area contributed by atoms with Gasteiger partial charge in [0.25, 0.3) is 0 Å². The van der Waals surface area contributed by atoms with Crippen LogP contribution in [0.3, 0.4) is 0 Å². The van der Waals surface area contributed by atoms with Crippen molar-refractivity contribution in [1.29, 1.82) is 0 Å². The summed E-state index contributed by atoms with van der Waals surface area (Å²) in [6, 6.07) is 22.3. The monoisotopic (exact) mass is 331 g/mol. The molecule has 0 saturated carbocycles. The van der Waals surface area contributed by atoms with Crippen molar-refractivity contribution in [3.63, 3.8) is 0 Å². The Morgan fingerprint density at radius 1 is 0.833 bits per heavy atom. The van der Waals surface area contributed by atoms with E-state index in [2.05, 4.69) is 24.3 Å². The van der Waals surface area contributed by atoms with Crippen molar-refractivity contribution >= 4 is 31.5 Å². The van der Waals surface area contributed by atoms with Gasteiger partial charge in [-0.15, -0.1) is 11.3 Å². The summed E-state index contributed by atoms with van der Waals surface area (Å²) in [6.45, 7) is 0.585. The number of hydrogen-bond donors (Lipinski definition) is 1. The van der Waals surface area contributed by atoms with E-state index < -0.39 is 0 Å². The molecule has 0 saturated heterocycles. The molecule has 3 heteroatoms. The van der Waals surface area contributed by atoms with Crippen LogP contribution in [0.15, 0.2) is 71.5 Å². The van der Waals surface area contributed by atoms with Gasteiger partial charge in [0.2, 0.25) is 0 Å². The van der Waals surface area contributed by atoms with Crippen molar-refractivity contribution < 1.29 is 0 Å². The van der Waals surface area contributed by atoms with Gasteiger partial charge < -0.3 is 5.73 Å². The fourth-order valence-corrected chi connectivity index (χ4v) is 4.34. The van der Waals surface area contributed by atoms with Crippen LogP contribution in [-0.2, 0) is 6.42 Å². The summed E-state index contributed by atoms with van der Waals surface area (Å²) < 4.78 is 2.09. The van der Waals surface area contributed by atoms with Crippen LogP contribution in [0, 0.1) is 0 Å². The molecule has 0 amide bonds. The molecule has 0 fully saturated rings. The first-order chi connectivity index (χ1) is 11.8. The lowest BCUT2D eigenvalue weighted by Gasteiger charge is -2.08. The molecule has 1 heterocycles. The van der Waals surface area contributed by atoms with Gasteiger partial charge in [0.05, 0.1) is 0 Å². The molecule has 0 radical (unpaired) electrons. The zero-order chi connectivity index (χ0) is 16.5. The van der Waals surface area contributed by atoms with E-state index in [0.29, 0.717) is 6.54 Å². The van der Waals surface area contributed by atoms with Crippen LogP contribution in [0.5, 0.6) is 0 Å². The molecule has 2 N–H and O–H groups in total. The second-order valence-corrected chi connectivity index (χ2v) is 6.89. The van der Waals surface area contributed by atoms with Crippen LogP contribution in [0.25, 0.3) is 31.3 Å². The Bertz CT molecular complexity index is 1080. The minimum Gasteiger partial charge on any atom is -0.330 e. The van der Waals surface area contributed by atoms with Gasteiger partial charge in [-0.25, -0.2) is 0 Å². The molecule has 0 aliphatic heterocycles. The molecular formula is C21H17NOS. The maximum Gasteiger partial charge on any atom is 0.195 e. The Hall–Kier alpha value is -2.49. The largest absolute Gasteiger partial charge is 0.330 e. The molecule has 0 bridgehead atoms. The quantitative estimate of drug-likeness (QED) is 0.558. The minimum atomic E-state index is 0.109. The van der Waals surface area contributed by atoms with Gasteiger partial charge in [-0.2, -0.15) is 0 Å². The first-order valence-corrected chi connectivity index (χ1v) is 8.83. The van der Waals surface area contributed by atoms with Crippen molar-refractivity contribution in [2.75, 3.05) is 6.54 Å². The van der Waals surface area contributed by atoms with E-state index in [-0.39, 0.29) is 5.43 Å². The van der Waals surface area contributed by atoms with Crippen molar-refractivity contribution in [1.82, 2.24) is 0 Å². The van der Waals surface area contributed by atoms with Crippen molar-refractivity contribution in [3.8, 4) is 11.1 Å². The Labute approximate surface area is 144 Å². The standard InChI is InChI=1S/C21H17NOS/c22-12-11-15-7-4-8-18-20(23)17-10-9-16(13-19(17)24-21(15)18)14-5-2-1-3-6-14/h1-10,13H,11-12,22H2. The minimum absolute atomic E-state index is 0.109. The summed E-state index contributed by atoms with van der Waals surface area (Å²) >= 11 is 1.69. The number of nitrogens with two attached hydrogens (primary N) is 1.